The number of fused-ring (bicyclic) bond motifs is 1. The summed E-state index contributed by atoms with van der Waals surface area (Å²) in [6.07, 6.45) is 1.11. The van der Waals surface area contributed by atoms with Crippen molar-refractivity contribution in [2.45, 2.75) is 12.3 Å². The van der Waals surface area contributed by atoms with Crippen molar-refractivity contribution in [1.29, 1.82) is 0 Å². The molecule has 5 heteroatoms. The Morgan fingerprint density at radius 2 is 2.62 bits per heavy atom. The number of hydrogen-bond acceptors (Lipinski definition) is 4. The Balaban J connectivity index is 0.000000845. The van der Waals surface area contributed by atoms with E-state index >= 15 is 0 Å². The summed E-state index contributed by atoms with van der Waals surface area (Å²) in [5.41, 5.74) is 1.86. The molecule has 1 atom stereocenters. The molecule has 1 aliphatic heterocycles. The molecule has 1 N–H and O–H groups in total. The fourth-order valence-electron chi connectivity index (χ4n) is 1.49. The summed E-state index contributed by atoms with van der Waals surface area (Å²) in [5.74, 6) is 1.46. The monoisotopic (exact) mass is 220 g/mol. The lowest BCUT2D eigenvalue weighted by molar-refractivity contribution is 0.259. The van der Waals surface area contributed by atoms with Crippen molar-refractivity contribution in [3.63, 3.8) is 0 Å². The second-order valence-electron chi connectivity index (χ2n) is 2.91. The number of aromatic nitrogens is 1. The largest absolute Gasteiger partial charge is 0.477 e. The maximum absolute atomic E-state index is 5.41. The lowest BCUT2D eigenvalue weighted by Crippen LogP contribution is -2.22. The van der Waals surface area contributed by atoms with E-state index in [9.17, 15) is 0 Å². The Morgan fingerprint density at radius 1 is 1.77 bits per heavy atom. The van der Waals surface area contributed by atoms with Crippen molar-refractivity contribution in [1.82, 2.24) is 10.3 Å². The van der Waals surface area contributed by atoms with E-state index in [1.807, 2.05) is 12.6 Å². The van der Waals surface area contributed by atoms with Gasteiger partial charge >= 0.3 is 0 Å². The van der Waals surface area contributed by atoms with Gasteiger partial charge in [-0.2, -0.15) is 0 Å². The highest BCUT2D eigenvalue weighted by Crippen LogP contribution is 2.35. The van der Waals surface area contributed by atoms with Crippen LogP contribution in [0.4, 0.5) is 0 Å². The Morgan fingerprint density at radius 3 is 3.38 bits per heavy atom. The van der Waals surface area contributed by atoms with Crippen molar-refractivity contribution in [2.24, 2.45) is 0 Å². The van der Waals surface area contributed by atoms with Crippen LogP contribution < -0.4 is 10.1 Å². The minimum absolute atomic E-state index is 0. The van der Waals surface area contributed by atoms with Gasteiger partial charge in [-0.15, -0.1) is 23.7 Å². The summed E-state index contributed by atoms with van der Waals surface area (Å²) in [7, 11) is 1.98. The van der Waals surface area contributed by atoms with E-state index in [4.69, 9.17) is 4.74 Å². The number of thiazole rings is 1. The SMILES string of the molecule is CNCC1CCOc2ncsc21.Cl. The third kappa shape index (κ3) is 2.13. The Labute approximate surface area is 87.9 Å². The third-order valence-corrected chi connectivity index (χ3v) is 3.06. The molecule has 1 aliphatic rings. The van der Waals surface area contributed by atoms with Crippen molar-refractivity contribution in [3.8, 4) is 5.88 Å². The first-order valence-corrected chi connectivity index (χ1v) is 5.00. The van der Waals surface area contributed by atoms with Crippen LogP contribution in [0.3, 0.4) is 0 Å². The van der Waals surface area contributed by atoms with E-state index in [1.165, 1.54) is 4.88 Å². The first kappa shape index (κ1) is 10.8. The number of halogens is 1. The van der Waals surface area contributed by atoms with Crippen LogP contribution in [0.1, 0.15) is 17.2 Å². The van der Waals surface area contributed by atoms with Crippen molar-refractivity contribution >= 4 is 23.7 Å². The minimum atomic E-state index is 0. The van der Waals surface area contributed by atoms with Crippen molar-refractivity contribution in [3.05, 3.63) is 10.4 Å². The molecule has 0 bridgehead atoms. The van der Waals surface area contributed by atoms with E-state index in [0.717, 1.165) is 25.5 Å². The lowest BCUT2D eigenvalue weighted by Gasteiger charge is -2.20. The van der Waals surface area contributed by atoms with Crippen LogP contribution in [0.2, 0.25) is 0 Å². The van der Waals surface area contributed by atoms with Gasteiger partial charge in [0, 0.05) is 12.5 Å². The fourth-order valence-corrected chi connectivity index (χ4v) is 2.36. The molecule has 0 amide bonds. The average molecular weight is 221 g/mol. The lowest BCUT2D eigenvalue weighted by atomic mass is 10.0. The summed E-state index contributed by atoms with van der Waals surface area (Å²) in [6.45, 7) is 1.83. The van der Waals surface area contributed by atoms with E-state index in [-0.39, 0.29) is 12.4 Å². The summed E-state index contributed by atoms with van der Waals surface area (Å²) in [4.78, 5) is 5.46. The molecule has 3 nitrogen and oxygen atoms in total. The number of hydrogen-bond donors (Lipinski definition) is 1. The van der Waals surface area contributed by atoms with E-state index < -0.39 is 0 Å². The maximum Gasteiger partial charge on any atom is 0.227 e. The van der Waals surface area contributed by atoms with E-state index in [0.29, 0.717) is 5.92 Å². The van der Waals surface area contributed by atoms with Crippen LogP contribution in [0.25, 0.3) is 0 Å². The van der Waals surface area contributed by atoms with Crippen LogP contribution >= 0.6 is 23.7 Å². The number of likely N-dealkylation sites (N-methyl/N-ethyl adjacent to an activating group) is 1. The fraction of sp³-hybridized carbons (Fsp3) is 0.625. The highest BCUT2D eigenvalue weighted by Gasteiger charge is 2.22. The molecular weight excluding hydrogens is 208 g/mol. The Hall–Kier alpha value is -0.320. The standard InChI is InChI=1S/C8H12N2OS.ClH/c1-9-4-6-2-3-11-8-7(6)12-5-10-8;/h5-6,9H,2-4H2,1H3;1H. The predicted molar refractivity (Wildman–Crippen MR) is 56.1 cm³/mol. The van der Waals surface area contributed by atoms with Gasteiger partial charge in [0.05, 0.1) is 17.0 Å². The molecule has 1 aromatic rings. The van der Waals surface area contributed by atoms with Gasteiger partial charge in [0.25, 0.3) is 0 Å². The quantitative estimate of drug-likeness (QED) is 0.823. The predicted octanol–water partition coefficient (Wildman–Crippen LogP) is 1.65. The number of rotatable bonds is 2. The zero-order valence-electron chi connectivity index (χ0n) is 7.45. The van der Waals surface area contributed by atoms with E-state index in [1.54, 1.807) is 11.3 Å². The van der Waals surface area contributed by atoms with Gasteiger partial charge in [0.1, 0.15) is 0 Å². The number of nitrogens with one attached hydrogen (secondary N) is 1. The van der Waals surface area contributed by atoms with Gasteiger partial charge in [-0.05, 0) is 13.5 Å². The molecule has 1 unspecified atom stereocenters. The molecule has 1 aromatic heterocycles. The maximum atomic E-state index is 5.41. The second kappa shape index (κ2) is 4.79. The third-order valence-electron chi connectivity index (χ3n) is 2.09. The molecule has 74 valence electrons. The second-order valence-corrected chi connectivity index (χ2v) is 3.80. The Kier molecular flexibility index (Phi) is 3.96. The van der Waals surface area contributed by atoms with Crippen molar-refractivity contribution < 1.29 is 4.74 Å². The molecule has 2 rings (SSSR count). The van der Waals surface area contributed by atoms with Gasteiger partial charge in [0.15, 0.2) is 0 Å². The van der Waals surface area contributed by atoms with Crippen LogP contribution in [0.15, 0.2) is 5.51 Å². The molecule has 0 fully saturated rings. The molecule has 0 radical (unpaired) electrons. The highest BCUT2D eigenvalue weighted by atomic mass is 35.5. The van der Waals surface area contributed by atoms with Crippen LogP contribution in [-0.2, 0) is 0 Å². The van der Waals surface area contributed by atoms with Gasteiger partial charge in [-0.3, -0.25) is 0 Å². The molecule has 0 aliphatic carbocycles. The van der Waals surface area contributed by atoms with Crippen LogP contribution in [0.5, 0.6) is 5.88 Å². The molecule has 0 aromatic carbocycles. The number of ether oxygens (including phenoxy) is 1. The molecule has 0 saturated carbocycles. The van der Waals surface area contributed by atoms with Crippen LogP contribution in [-0.4, -0.2) is 25.2 Å². The summed E-state index contributed by atoms with van der Waals surface area (Å²) < 4.78 is 5.41. The molecule has 13 heavy (non-hydrogen) atoms. The van der Waals surface area contributed by atoms with Gasteiger partial charge in [0.2, 0.25) is 5.88 Å². The van der Waals surface area contributed by atoms with Crippen LogP contribution in [0, 0.1) is 0 Å². The summed E-state index contributed by atoms with van der Waals surface area (Å²) in [5, 5.41) is 3.19. The molecule has 2 heterocycles. The highest BCUT2D eigenvalue weighted by molar-refractivity contribution is 7.10. The smallest absolute Gasteiger partial charge is 0.227 e. The van der Waals surface area contributed by atoms with Gasteiger partial charge in [-0.25, -0.2) is 4.98 Å². The topological polar surface area (TPSA) is 34.1 Å². The van der Waals surface area contributed by atoms with Gasteiger partial charge < -0.3 is 10.1 Å². The average Bonchev–Trinajstić information content (AvgIpc) is 2.53. The zero-order valence-corrected chi connectivity index (χ0v) is 9.08. The Bertz CT molecular complexity index is 266. The molecule has 0 spiro atoms. The summed E-state index contributed by atoms with van der Waals surface area (Å²) >= 11 is 1.70. The molecule has 0 saturated heterocycles. The molecular formula is C8H13ClN2OS. The van der Waals surface area contributed by atoms with Crippen molar-refractivity contribution in [2.75, 3.05) is 20.2 Å². The normalized spacial score (nSPS) is 19.9. The van der Waals surface area contributed by atoms with Gasteiger partial charge in [-0.1, -0.05) is 0 Å². The van der Waals surface area contributed by atoms with E-state index in [2.05, 4.69) is 10.3 Å². The first-order chi connectivity index (χ1) is 5.92. The minimum Gasteiger partial charge on any atom is -0.477 e. The summed E-state index contributed by atoms with van der Waals surface area (Å²) in [6, 6.07) is 0. The first-order valence-electron chi connectivity index (χ1n) is 4.12. The zero-order chi connectivity index (χ0) is 8.39. The number of nitrogens with zero attached hydrogens (tertiary/aromatic N) is 1.